The summed E-state index contributed by atoms with van der Waals surface area (Å²) in [6.45, 7) is 0.132. The van der Waals surface area contributed by atoms with Gasteiger partial charge in [0.15, 0.2) is 0 Å². The van der Waals surface area contributed by atoms with E-state index in [1.54, 1.807) is 12.1 Å². The molecule has 2 rings (SSSR count). The van der Waals surface area contributed by atoms with Gasteiger partial charge in [-0.15, -0.1) is 0 Å². The fourth-order valence-electron chi connectivity index (χ4n) is 2.13. The molecule has 0 amide bonds. The second-order valence-electron chi connectivity index (χ2n) is 4.80. The van der Waals surface area contributed by atoms with Crippen LogP contribution < -0.4 is 5.73 Å². The number of halogens is 1. The molecule has 20 heavy (non-hydrogen) atoms. The van der Waals surface area contributed by atoms with Crippen LogP contribution in [0.2, 0.25) is 5.02 Å². The summed E-state index contributed by atoms with van der Waals surface area (Å²) in [6, 6.07) is 6.17. The molecule has 0 aromatic heterocycles. The van der Waals surface area contributed by atoms with Gasteiger partial charge in [-0.3, -0.25) is 4.79 Å². The van der Waals surface area contributed by atoms with Gasteiger partial charge >= 0.3 is 5.97 Å². The normalized spacial score (nSPS) is 19.7. The zero-order chi connectivity index (χ0) is 15.0. The maximum absolute atomic E-state index is 12.4. The molecule has 8 heteroatoms. The van der Waals surface area contributed by atoms with Crippen LogP contribution in [0, 0.1) is 0 Å². The summed E-state index contributed by atoms with van der Waals surface area (Å²) < 4.78 is 26.1. The number of carbonyl (C=O) groups is 1. The summed E-state index contributed by atoms with van der Waals surface area (Å²) in [5.74, 6) is -1.10. The predicted octanol–water partition coefficient (Wildman–Crippen LogP) is 0.907. The first kappa shape index (κ1) is 15.2. The first-order valence-electron chi connectivity index (χ1n) is 6.04. The second-order valence-corrected chi connectivity index (χ2v) is 7.11. The van der Waals surface area contributed by atoms with Crippen LogP contribution >= 0.6 is 11.6 Å². The average Bonchev–Trinajstić information content (AvgIpc) is 2.39. The molecule has 1 heterocycles. The number of rotatable bonds is 3. The monoisotopic (exact) mass is 318 g/mol. The van der Waals surface area contributed by atoms with E-state index in [-0.39, 0.29) is 35.8 Å². The number of benzene rings is 1. The van der Waals surface area contributed by atoms with E-state index in [9.17, 15) is 13.2 Å². The molecule has 1 aromatic carbocycles. The number of carboxylic acids is 1. The topological polar surface area (TPSA) is 101 Å². The summed E-state index contributed by atoms with van der Waals surface area (Å²) in [5, 5.41) is 9.18. The Hall–Kier alpha value is -1.15. The smallest absolute Gasteiger partial charge is 0.323 e. The highest BCUT2D eigenvalue weighted by Gasteiger charge is 2.41. The van der Waals surface area contributed by atoms with E-state index in [0.717, 1.165) is 0 Å². The number of nitrogens with zero attached hydrogens (tertiary/aromatic N) is 1. The van der Waals surface area contributed by atoms with E-state index >= 15 is 0 Å². The lowest BCUT2D eigenvalue weighted by Crippen LogP contribution is -2.56. The Labute approximate surface area is 122 Å². The van der Waals surface area contributed by atoms with Gasteiger partial charge in [-0.1, -0.05) is 23.7 Å². The lowest BCUT2D eigenvalue weighted by Gasteiger charge is -2.35. The standard InChI is InChI=1S/C12H15ClN2O4S/c13-9-3-1-2-4-10(9)20(18,19)15-7-5-12(14,6-8-15)11(16)17/h1-4H,5-8,14H2,(H,16,17). The van der Waals surface area contributed by atoms with Crippen molar-refractivity contribution in [1.29, 1.82) is 0 Å². The fourth-order valence-corrected chi connectivity index (χ4v) is 4.07. The van der Waals surface area contributed by atoms with E-state index in [2.05, 4.69) is 0 Å². The molecule has 0 spiro atoms. The number of piperidine rings is 1. The molecular formula is C12H15ClN2O4S. The van der Waals surface area contributed by atoms with Crippen molar-refractivity contribution < 1.29 is 18.3 Å². The lowest BCUT2D eigenvalue weighted by molar-refractivity contribution is -0.144. The molecule has 1 saturated heterocycles. The Balaban J connectivity index is 2.22. The van der Waals surface area contributed by atoms with Gasteiger partial charge in [-0.2, -0.15) is 4.31 Å². The van der Waals surface area contributed by atoms with Crippen molar-refractivity contribution in [1.82, 2.24) is 4.31 Å². The van der Waals surface area contributed by atoms with Crippen molar-refractivity contribution in [3.63, 3.8) is 0 Å². The minimum absolute atomic E-state index is 0.0292. The molecule has 3 N–H and O–H groups in total. The van der Waals surface area contributed by atoms with Crippen LogP contribution in [0.4, 0.5) is 0 Å². The third-order valence-corrected chi connectivity index (χ3v) is 5.89. The summed E-state index contributed by atoms with van der Waals surface area (Å²) in [4.78, 5) is 11.1. The van der Waals surface area contributed by atoms with Gasteiger partial charge in [-0.05, 0) is 25.0 Å². The fraction of sp³-hybridized carbons (Fsp3) is 0.417. The van der Waals surface area contributed by atoms with Gasteiger partial charge in [-0.25, -0.2) is 8.42 Å². The van der Waals surface area contributed by atoms with Crippen molar-refractivity contribution in [2.24, 2.45) is 5.73 Å². The molecule has 0 bridgehead atoms. The molecular weight excluding hydrogens is 304 g/mol. The molecule has 110 valence electrons. The Morgan fingerprint density at radius 1 is 1.30 bits per heavy atom. The van der Waals surface area contributed by atoms with Crippen LogP contribution in [0.15, 0.2) is 29.2 Å². The molecule has 1 fully saturated rings. The maximum Gasteiger partial charge on any atom is 0.323 e. The van der Waals surface area contributed by atoms with Gasteiger partial charge in [0.05, 0.1) is 5.02 Å². The van der Waals surface area contributed by atoms with Crippen LogP contribution in [0.5, 0.6) is 0 Å². The van der Waals surface area contributed by atoms with E-state index in [1.165, 1.54) is 16.4 Å². The third-order valence-electron chi connectivity index (χ3n) is 3.50. The molecule has 0 aliphatic carbocycles. The van der Waals surface area contributed by atoms with Crippen molar-refractivity contribution in [2.75, 3.05) is 13.1 Å². The number of carboxylic acid groups (broad SMARTS) is 1. The quantitative estimate of drug-likeness (QED) is 0.862. The van der Waals surface area contributed by atoms with Crippen molar-refractivity contribution >= 4 is 27.6 Å². The Morgan fingerprint density at radius 3 is 2.35 bits per heavy atom. The Kier molecular flexibility index (Phi) is 4.06. The molecule has 0 radical (unpaired) electrons. The highest BCUT2D eigenvalue weighted by atomic mass is 35.5. The van der Waals surface area contributed by atoms with E-state index in [1.807, 2.05) is 0 Å². The zero-order valence-corrected chi connectivity index (χ0v) is 12.2. The number of hydrogen-bond acceptors (Lipinski definition) is 4. The largest absolute Gasteiger partial charge is 0.480 e. The number of aliphatic carboxylic acids is 1. The van der Waals surface area contributed by atoms with E-state index < -0.39 is 21.5 Å². The SMILES string of the molecule is NC1(C(=O)O)CCN(S(=O)(=O)c2ccccc2Cl)CC1. The molecule has 6 nitrogen and oxygen atoms in total. The highest BCUT2D eigenvalue weighted by Crippen LogP contribution is 2.28. The number of hydrogen-bond donors (Lipinski definition) is 2. The minimum Gasteiger partial charge on any atom is -0.480 e. The second kappa shape index (κ2) is 5.33. The van der Waals surface area contributed by atoms with Gasteiger partial charge in [0.2, 0.25) is 10.0 Å². The van der Waals surface area contributed by atoms with Crippen LogP contribution in [-0.4, -0.2) is 42.4 Å². The predicted molar refractivity (Wildman–Crippen MR) is 74.0 cm³/mol. The molecule has 0 unspecified atom stereocenters. The third kappa shape index (κ3) is 2.67. The van der Waals surface area contributed by atoms with E-state index in [4.69, 9.17) is 22.4 Å². The number of nitrogens with two attached hydrogens (primary N) is 1. The van der Waals surface area contributed by atoms with Gasteiger partial charge < -0.3 is 10.8 Å². The maximum atomic E-state index is 12.4. The molecule has 0 atom stereocenters. The van der Waals surface area contributed by atoms with Gasteiger partial charge in [0.1, 0.15) is 10.4 Å². The molecule has 1 aliphatic rings. The molecule has 1 aliphatic heterocycles. The molecule has 1 aromatic rings. The van der Waals surface area contributed by atoms with Crippen molar-refractivity contribution in [3.8, 4) is 0 Å². The summed E-state index contributed by atoms with van der Waals surface area (Å²) >= 11 is 5.91. The Bertz CT molecular complexity index is 624. The van der Waals surface area contributed by atoms with Crippen LogP contribution in [-0.2, 0) is 14.8 Å². The first-order chi connectivity index (χ1) is 9.27. The minimum atomic E-state index is -3.72. The van der Waals surface area contributed by atoms with Crippen molar-refractivity contribution in [2.45, 2.75) is 23.3 Å². The summed E-state index contributed by atoms with van der Waals surface area (Å²) in [5.41, 5.74) is 4.37. The van der Waals surface area contributed by atoms with Crippen LogP contribution in [0.1, 0.15) is 12.8 Å². The first-order valence-corrected chi connectivity index (χ1v) is 7.86. The van der Waals surface area contributed by atoms with Gasteiger partial charge in [0.25, 0.3) is 0 Å². The van der Waals surface area contributed by atoms with Crippen LogP contribution in [0.3, 0.4) is 0 Å². The zero-order valence-electron chi connectivity index (χ0n) is 10.6. The summed E-state index contributed by atoms with van der Waals surface area (Å²) in [6.07, 6.45) is 0.151. The van der Waals surface area contributed by atoms with Gasteiger partial charge in [0, 0.05) is 13.1 Å². The highest BCUT2D eigenvalue weighted by molar-refractivity contribution is 7.89. The number of sulfonamides is 1. The van der Waals surface area contributed by atoms with Crippen molar-refractivity contribution in [3.05, 3.63) is 29.3 Å². The summed E-state index contributed by atoms with van der Waals surface area (Å²) in [7, 11) is -3.72. The lowest BCUT2D eigenvalue weighted by atomic mass is 9.90. The van der Waals surface area contributed by atoms with Crippen LogP contribution in [0.25, 0.3) is 0 Å². The van der Waals surface area contributed by atoms with E-state index in [0.29, 0.717) is 0 Å². The Morgan fingerprint density at radius 2 is 1.85 bits per heavy atom. The average molecular weight is 319 g/mol. The molecule has 0 saturated carbocycles.